The first-order valence-electron chi connectivity index (χ1n) is 5.36. The molecule has 2 aromatic rings. The number of aryl methyl sites for hydroxylation is 1. The van der Waals surface area contributed by atoms with Crippen LogP contribution in [0.2, 0.25) is 5.02 Å². The number of anilines is 1. The number of nitrogens with two attached hydrogens (primary N) is 1. The van der Waals surface area contributed by atoms with Crippen LogP contribution >= 0.6 is 11.6 Å². The van der Waals surface area contributed by atoms with Crippen molar-refractivity contribution in [1.82, 2.24) is 9.88 Å². The highest BCUT2D eigenvalue weighted by molar-refractivity contribution is 7.89. The molecule has 0 spiro atoms. The molecule has 1 heterocycles. The average Bonchev–Trinajstić information content (AvgIpc) is 2.72. The van der Waals surface area contributed by atoms with E-state index in [-0.39, 0.29) is 22.2 Å². The van der Waals surface area contributed by atoms with E-state index in [1.54, 1.807) is 19.1 Å². The number of nitrogens with zero attached hydrogens (tertiary/aromatic N) is 1. The van der Waals surface area contributed by atoms with E-state index < -0.39 is 10.0 Å². The van der Waals surface area contributed by atoms with Crippen LogP contribution in [0.3, 0.4) is 0 Å². The summed E-state index contributed by atoms with van der Waals surface area (Å²) in [6.07, 6.45) is 0. The van der Waals surface area contributed by atoms with Crippen molar-refractivity contribution in [3.05, 3.63) is 40.7 Å². The van der Waals surface area contributed by atoms with Gasteiger partial charge in [-0.25, -0.2) is 13.1 Å². The van der Waals surface area contributed by atoms with Gasteiger partial charge < -0.3 is 10.3 Å². The summed E-state index contributed by atoms with van der Waals surface area (Å²) in [7, 11) is -3.81. The van der Waals surface area contributed by atoms with E-state index in [9.17, 15) is 8.42 Å². The number of hydrogen-bond acceptors (Lipinski definition) is 5. The minimum absolute atomic E-state index is 0.0200. The van der Waals surface area contributed by atoms with Crippen LogP contribution in [-0.4, -0.2) is 13.6 Å². The fourth-order valence-corrected chi connectivity index (χ4v) is 3.21. The summed E-state index contributed by atoms with van der Waals surface area (Å²) < 4.78 is 31.5. The number of aromatic nitrogens is 1. The highest BCUT2D eigenvalue weighted by atomic mass is 35.5. The Bertz CT molecular complexity index is 677. The van der Waals surface area contributed by atoms with E-state index in [4.69, 9.17) is 21.9 Å². The van der Waals surface area contributed by atoms with Gasteiger partial charge in [0.2, 0.25) is 10.0 Å². The quantitative estimate of drug-likeness (QED) is 0.837. The van der Waals surface area contributed by atoms with Gasteiger partial charge in [-0.05, 0) is 19.1 Å². The molecular weight excluding hydrogens is 290 g/mol. The normalized spacial score (nSPS) is 11.7. The molecule has 0 unspecified atom stereocenters. The monoisotopic (exact) mass is 301 g/mol. The average molecular weight is 302 g/mol. The van der Waals surface area contributed by atoms with Crippen molar-refractivity contribution in [3.63, 3.8) is 0 Å². The number of sulfonamides is 1. The summed E-state index contributed by atoms with van der Waals surface area (Å²) in [6, 6.07) is 6.15. The standard InChI is InChI=1S/C11H12ClN3O3S/c1-7-5-8(18-15-7)6-14-19(16,17)11-9(12)3-2-4-10(11)13/h2-5,14H,6,13H2,1H3. The summed E-state index contributed by atoms with van der Waals surface area (Å²) >= 11 is 5.86. The van der Waals surface area contributed by atoms with Crippen molar-refractivity contribution in [2.45, 2.75) is 18.4 Å². The van der Waals surface area contributed by atoms with E-state index >= 15 is 0 Å². The Labute approximate surface area is 115 Å². The molecule has 0 aliphatic heterocycles. The maximum absolute atomic E-state index is 12.1. The van der Waals surface area contributed by atoms with Crippen LogP contribution in [0.1, 0.15) is 11.5 Å². The van der Waals surface area contributed by atoms with Gasteiger partial charge in [0, 0.05) is 6.07 Å². The van der Waals surface area contributed by atoms with Crippen LogP contribution < -0.4 is 10.5 Å². The number of benzene rings is 1. The van der Waals surface area contributed by atoms with Crippen LogP contribution in [0.5, 0.6) is 0 Å². The zero-order chi connectivity index (χ0) is 14.0. The predicted octanol–water partition coefficient (Wildman–Crippen LogP) is 1.70. The molecule has 8 heteroatoms. The number of halogens is 1. The summed E-state index contributed by atoms with van der Waals surface area (Å²) in [6.45, 7) is 1.72. The smallest absolute Gasteiger partial charge is 0.244 e. The molecule has 19 heavy (non-hydrogen) atoms. The van der Waals surface area contributed by atoms with Crippen LogP contribution in [0, 0.1) is 6.92 Å². The summed E-state index contributed by atoms with van der Waals surface area (Å²) in [5, 5.41) is 3.74. The summed E-state index contributed by atoms with van der Waals surface area (Å²) in [5.74, 6) is 0.409. The first-order valence-corrected chi connectivity index (χ1v) is 7.22. The Hall–Kier alpha value is -1.57. The Morgan fingerprint density at radius 2 is 2.21 bits per heavy atom. The third-order valence-corrected chi connectivity index (χ3v) is 4.32. The van der Waals surface area contributed by atoms with Gasteiger partial charge in [-0.3, -0.25) is 0 Å². The van der Waals surface area contributed by atoms with Gasteiger partial charge in [0.25, 0.3) is 0 Å². The molecule has 0 saturated heterocycles. The third kappa shape index (κ3) is 3.06. The zero-order valence-corrected chi connectivity index (χ0v) is 11.6. The predicted molar refractivity (Wildman–Crippen MR) is 71.1 cm³/mol. The Kier molecular flexibility index (Phi) is 3.79. The van der Waals surface area contributed by atoms with Gasteiger partial charge >= 0.3 is 0 Å². The Morgan fingerprint density at radius 1 is 1.47 bits per heavy atom. The molecule has 2 rings (SSSR count). The van der Waals surface area contributed by atoms with Crippen LogP contribution in [-0.2, 0) is 16.6 Å². The second kappa shape index (κ2) is 5.20. The molecule has 0 atom stereocenters. The van der Waals surface area contributed by atoms with E-state index in [2.05, 4.69) is 9.88 Å². The van der Waals surface area contributed by atoms with Gasteiger partial charge in [-0.2, -0.15) is 0 Å². The van der Waals surface area contributed by atoms with Crippen molar-refractivity contribution in [1.29, 1.82) is 0 Å². The second-order valence-corrected chi connectivity index (χ2v) is 6.03. The lowest BCUT2D eigenvalue weighted by Gasteiger charge is -2.09. The lowest BCUT2D eigenvalue weighted by Crippen LogP contribution is -2.24. The van der Waals surface area contributed by atoms with Gasteiger partial charge in [0.1, 0.15) is 4.90 Å². The van der Waals surface area contributed by atoms with Crippen molar-refractivity contribution in [2.75, 3.05) is 5.73 Å². The number of rotatable bonds is 4. The minimum atomic E-state index is -3.81. The highest BCUT2D eigenvalue weighted by Gasteiger charge is 2.21. The number of nitrogen functional groups attached to an aromatic ring is 1. The van der Waals surface area contributed by atoms with E-state index in [1.165, 1.54) is 12.1 Å². The lowest BCUT2D eigenvalue weighted by molar-refractivity contribution is 0.377. The topological polar surface area (TPSA) is 98.2 Å². The molecule has 6 nitrogen and oxygen atoms in total. The molecule has 0 saturated carbocycles. The fraction of sp³-hybridized carbons (Fsp3) is 0.182. The maximum atomic E-state index is 12.1. The summed E-state index contributed by atoms with van der Waals surface area (Å²) in [5.41, 5.74) is 6.41. The van der Waals surface area contributed by atoms with Gasteiger partial charge in [0.15, 0.2) is 5.76 Å². The minimum Gasteiger partial charge on any atom is -0.398 e. The third-order valence-electron chi connectivity index (χ3n) is 2.38. The Morgan fingerprint density at radius 3 is 2.79 bits per heavy atom. The van der Waals surface area contributed by atoms with Crippen molar-refractivity contribution < 1.29 is 12.9 Å². The fourth-order valence-electron chi connectivity index (χ4n) is 1.55. The molecule has 0 aliphatic carbocycles. The van der Waals surface area contributed by atoms with Crippen LogP contribution in [0.25, 0.3) is 0 Å². The van der Waals surface area contributed by atoms with Gasteiger partial charge in [-0.1, -0.05) is 22.8 Å². The van der Waals surface area contributed by atoms with Gasteiger partial charge in [-0.15, -0.1) is 0 Å². The molecule has 0 fully saturated rings. The Balaban J connectivity index is 2.23. The molecule has 0 aliphatic rings. The van der Waals surface area contributed by atoms with E-state index in [0.717, 1.165) is 0 Å². The zero-order valence-electron chi connectivity index (χ0n) is 10.1. The van der Waals surface area contributed by atoms with Crippen molar-refractivity contribution in [2.24, 2.45) is 0 Å². The molecule has 1 aromatic carbocycles. The highest BCUT2D eigenvalue weighted by Crippen LogP contribution is 2.26. The molecule has 0 radical (unpaired) electrons. The molecule has 0 amide bonds. The van der Waals surface area contributed by atoms with Crippen LogP contribution in [0.15, 0.2) is 33.7 Å². The summed E-state index contributed by atoms with van der Waals surface area (Å²) in [4.78, 5) is -0.132. The molecular formula is C11H12ClN3O3S. The first kappa shape index (κ1) is 13.9. The van der Waals surface area contributed by atoms with Crippen molar-refractivity contribution in [3.8, 4) is 0 Å². The number of hydrogen-bond donors (Lipinski definition) is 2. The largest absolute Gasteiger partial charge is 0.398 e. The molecule has 102 valence electrons. The van der Waals surface area contributed by atoms with E-state index in [0.29, 0.717) is 11.5 Å². The van der Waals surface area contributed by atoms with Crippen LogP contribution in [0.4, 0.5) is 5.69 Å². The van der Waals surface area contributed by atoms with E-state index in [1.807, 2.05) is 0 Å². The van der Waals surface area contributed by atoms with Crippen molar-refractivity contribution >= 4 is 27.3 Å². The molecule has 1 aromatic heterocycles. The number of nitrogens with one attached hydrogen (secondary N) is 1. The maximum Gasteiger partial charge on any atom is 0.244 e. The molecule has 3 N–H and O–H groups in total. The second-order valence-electron chi connectivity index (χ2n) is 3.92. The lowest BCUT2D eigenvalue weighted by atomic mass is 10.3. The first-order chi connectivity index (χ1) is 8.90. The molecule has 0 bridgehead atoms. The SMILES string of the molecule is Cc1cc(CNS(=O)(=O)c2c(N)cccc2Cl)on1. The van der Waals surface area contributed by atoms with Gasteiger partial charge in [0.05, 0.1) is 22.9 Å².